The van der Waals surface area contributed by atoms with Crippen molar-refractivity contribution in [2.45, 2.75) is 6.54 Å². The number of halogens is 1. The predicted octanol–water partition coefficient (Wildman–Crippen LogP) is -0.0807. The van der Waals surface area contributed by atoms with Crippen LogP contribution in [0.1, 0.15) is 0 Å². The molecule has 0 atom stereocenters. The predicted molar refractivity (Wildman–Crippen MR) is 41.2 cm³/mol. The summed E-state index contributed by atoms with van der Waals surface area (Å²) in [7, 11) is 1.91. The van der Waals surface area contributed by atoms with Crippen molar-refractivity contribution in [2.24, 2.45) is 0 Å². The summed E-state index contributed by atoms with van der Waals surface area (Å²) in [4.78, 5) is 3.80. The topological polar surface area (TPSA) is 42.7 Å². The summed E-state index contributed by atoms with van der Waals surface area (Å²) in [5.41, 5.74) is 0. The lowest BCUT2D eigenvalue weighted by Gasteiger charge is -1.96. The van der Waals surface area contributed by atoms with E-state index in [1.807, 2.05) is 7.05 Å². The highest BCUT2D eigenvalue weighted by Crippen LogP contribution is 1.75. The Labute approximate surface area is 66.1 Å². The van der Waals surface area contributed by atoms with Crippen molar-refractivity contribution in [2.75, 3.05) is 13.6 Å². The number of aromatic nitrogens is 3. The van der Waals surface area contributed by atoms with Crippen molar-refractivity contribution >= 4 is 12.4 Å². The van der Waals surface area contributed by atoms with Crippen molar-refractivity contribution in [1.82, 2.24) is 20.1 Å². The molecule has 10 heavy (non-hydrogen) atoms. The van der Waals surface area contributed by atoms with E-state index in [-0.39, 0.29) is 12.4 Å². The Hall–Kier alpha value is -0.610. The standard InChI is InChI=1S/C5H10N4.ClH/c1-6-2-3-9-5-7-4-8-9;/h4-6H,2-3H2,1H3;1H. The van der Waals surface area contributed by atoms with Crippen LogP contribution in [0.15, 0.2) is 12.7 Å². The number of nitrogens with zero attached hydrogens (tertiary/aromatic N) is 3. The monoisotopic (exact) mass is 162 g/mol. The molecule has 0 spiro atoms. The van der Waals surface area contributed by atoms with Crippen molar-refractivity contribution in [3.05, 3.63) is 12.7 Å². The molecule has 0 aliphatic heterocycles. The summed E-state index contributed by atoms with van der Waals surface area (Å²) in [6.07, 6.45) is 3.24. The smallest absolute Gasteiger partial charge is 0.137 e. The average Bonchev–Trinajstić information content (AvgIpc) is 2.34. The van der Waals surface area contributed by atoms with Crippen molar-refractivity contribution in [1.29, 1.82) is 0 Å². The Morgan fingerprint density at radius 3 is 2.90 bits per heavy atom. The summed E-state index contributed by atoms with van der Waals surface area (Å²) < 4.78 is 1.79. The molecule has 5 heteroatoms. The maximum atomic E-state index is 3.92. The summed E-state index contributed by atoms with van der Waals surface area (Å²) >= 11 is 0. The molecule has 0 fully saturated rings. The molecule has 0 radical (unpaired) electrons. The highest BCUT2D eigenvalue weighted by molar-refractivity contribution is 5.85. The van der Waals surface area contributed by atoms with Gasteiger partial charge in [-0.15, -0.1) is 12.4 Å². The molecule has 0 unspecified atom stereocenters. The molecule has 1 rings (SSSR count). The second kappa shape index (κ2) is 5.20. The Morgan fingerprint density at radius 2 is 2.40 bits per heavy atom. The number of hydrogen-bond donors (Lipinski definition) is 1. The molecule has 0 saturated heterocycles. The summed E-state index contributed by atoms with van der Waals surface area (Å²) in [5.74, 6) is 0. The largest absolute Gasteiger partial charge is 0.318 e. The van der Waals surface area contributed by atoms with E-state index in [9.17, 15) is 0 Å². The first-order chi connectivity index (χ1) is 4.43. The fraction of sp³-hybridized carbons (Fsp3) is 0.600. The van der Waals surface area contributed by atoms with Crippen LogP contribution in [0.2, 0.25) is 0 Å². The van der Waals surface area contributed by atoms with Crippen LogP contribution in [0.4, 0.5) is 0 Å². The van der Waals surface area contributed by atoms with Crippen molar-refractivity contribution in [3.8, 4) is 0 Å². The lowest BCUT2D eigenvalue weighted by atomic mass is 10.6. The SMILES string of the molecule is CNCCn1cncn1.Cl. The molecule has 0 aliphatic rings. The van der Waals surface area contributed by atoms with E-state index >= 15 is 0 Å². The lowest BCUT2D eigenvalue weighted by molar-refractivity contribution is 0.583. The van der Waals surface area contributed by atoms with E-state index in [4.69, 9.17) is 0 Å². The molecule has 0 bridgehead atoms. The molecular formula is C5H11ClN4. The molecule has 0 amide bonds. The van der Waals surface area contributed by atoms with Crippen LogP contribution in [0, 0.1) is 0 Å². The Kier molecular flexibility index (Phi) is 4.88. The van der Waals surface area contributed by atoms with E-state index in [1.165, 1.54) is 6.33 Å². The van der Waals surface area contributed by atoms with Gasteiger partial charge < -0.3 is 5.32 Å². The van der Waals surface area contributed by atoms with Crippen LogP contribution in [-0.4, -0.2) is 28.4 Å². The third-order valence-electron chi connectivity index (χ3n) is 1.06. The zero-order chi connectivity index (χ0) is 6.53. The molecule has 1 N–H and O–H groups in total. The molecular weight excluding hydrogens is 152 g/mol. The van der Waals surface area contributed by atoms with Gasteiger partial charge in [0.1, 0.15) is 12.7 Å². The van der Waals surface area contributed by atoms with E-state index in [0.29, 0.717) is 0 Å². The van der Waals surface area contributed by atoms with Crippen LogP contribution in [0.25, 0.3) is 0 Å². The number of rotatable bonds is 3. The number of nitrogens with one attached hydrogen (secondary N) is 1. The van der Waals surface area contributed by atoms with E-state index in [2.05, 4.69) is 15.4 Å². The third kappa shape index (κ3) is 2.80. The minimum atomic E-state index is 0. The number of likely N-dealkylation sites (N-methyl/N-ethyl adjacent to an activating group) is 1. The van der Waals surface area contributed by atoms with Gasteiger partial charge in [-0.3, -0.25) is 4.68 Å². The second-order valence-corrected chi connectivity index (χ2v) is 1.76. The van der Waals surface area contributed by atoms with Gasteiger partial charge in [-0.05, 0) is 7.05 Å². The quantitative estimate of drug-likeness (QED) is 0.676. The Morgan fingerprint density at radius 1 is 1.60 bits per heavy atom. The van der Waals surface area contributed by atoms with Crippen molar-refractivity contribution < 1.29 is 0 Å². The molecule has 1 aromatic rings. The van der Waals surface area contributed by atoms with Crippen LogP contribution in [0.3, 0.4) is 0 Å². The zero-order valence-corrected chi connectivity index (χ0v) is 6.64. The fourth-order valence-electron chi connectivity index (χ4n) is 0.575. The van der Waals surface area contributed by atoms with Gasteiger partial charge >= 0.3 is 0 Å². The average molecular weight is 163 g/mol. The molecule has 0 aliphatic carbocycles. The minimum absolute atomic E-state index is 0. The van der Waals surface area contributed by atoms with Crippen molar-refractivity contribution in [3.63, 3.8) is 0 Å². The molecule has 4 nitrogen and oxygen atoms in total. The molecule has 0 saturated carbocycles. The molecule has 1 aromatic heterocycles. The van der Waals surface area contributed by atoms with E-state index in [0.717, 1.165) is 13.1 Å². The Balaban J connectivity index is 0.000000810. The van der Waals surface area contributed by atoms with E-state index in [1.54, 1.807) is 11.0 Å². The summed E-state index contributed by atoms with van der Waals surface area (Å²) in [6, 6.07) is 0. The van der Waals surface area contributed by atoms with Gasteiger partial charge in [0, 0.05) is 6.54 Å². The highest BCUT2D eigenvalue weighted by atomic mass is 35.5. The van der Waals surface area contributed by atoms with Crippen LogP contribution in [0.5, 0.6) is 0 Å². The first kappa shape index (κ1) is 9.39. The maximum absolute atomic E-state index is 3.92. The molecule has 0 aromatic carbocycles. The fourth-order valence-corrected chi connectivity index (χ4v) is 0.575. The van der Waals surface area contributed by atoms with Gasteiger partial charge in [0.15, 0.2) is 0 Å². The maximum Gasteiger partial charge on any atom is 0.137 e. The van der Waals surface area contributed by atoms with E-state index < -0.39 is 0 Å². The van der Waals surface area contributed by atoms with Gasteiger partial charge in [-0.1, -0.05) is 0 Å². The number of hydrogen-bond acceptors (Lipinski definition) is 3. The van der Waals surface area contributed by atoms with Gasteiger partial charge in [0.2, 0.25) is 0 Å². The third-order valence-corrected chi connectivity index (χ3v) is 1.06. The van der Waals surface area contributed by atoms with Crippen LogP contribution >= 0.6 is 12.4 Å². The van der Waals surface area contributed by atoms with Gasteiger partial charge in [-0.2, -0.15) is 5.10 Å². The van der Waals surface area contributed by atoms with Crippen LogP contribution < -0.4 is 5.32 Å². The van der Waals surface area contributed by atoms with Gasteiger partial charge in [0.25, 0.3) is 0 Å². The zero-order valence-electron chi connectivity index (χ0n) is 5.82. The highest BCUT2D eigenvalue weighted by Gasteiger charge is 1.85. The minimum Gasteiger partial charge on any atom is -0.318 e. The first-order valence-corrected chi connectivity index (χ1v) is 2.90. The molecule has 1 heterocycles. The first-order valence-electron chi connectivity index (χ1n) is 2.90. The summed E-state index contributed by atoms with van der Waals surface area (Å²) in [6.45, 7) is 1.82. The lowest BCUT2D eigenvalue weighted by Crippen LogP contribution is -2.14. The summed E-state index contributed by atoms with van der Waals surface area (Å²) in [5, 5.41) is 6.94. The van der Waals surface area contributed by atoms with Gasteiger partial charge in [-0.25, -0.2) is 4.98 Å². The van der Waals surface area contributed by atoms with Gasteiger partial charge in [0.05, 0.1) is 6.54 Å². The molecule has 58 valence electrons. The second-order valence-electron chi connectivity index (χ2n) is 1.76. The Bertz CT molecular complexity index is 151. The van der Waals surface area contributed by atoms with Crippen LogP contribution in [-0.2, 0) is 6.54 Å². The normalized spacial score (nSPS) is 8.90.